The number of benzene rings is 1. The van der Waals surface area contributed by atoms with E-state index in [4.69, 9.17) is 11.6 Å². The molecule has 2 heterocycles. The minimum Gasteiger partial charge on any atom is -0.351 e. The van der Waals surface area contributed by atoms with Crippen molar-refractivity contribution >= 4 is 17.5 Å². The summed E-state index contributed by atoms with van der Waals surface area (Å²) in [6.45, 7) is 0.591. The fourth-order valence-electron chi connectivity index (χ4n) is 1.98. The Hall–Kier alpha value is -1.94. The molecule has 0 aliphatic carbocycles. The van der Waals surface area contributed by atoms with Gasteiger partial charge in [-0.2, -0.15) is 0 Å². The summed E-state index contributed by atoms with van der Waals surface area (Å²) < 4.78 is 0. The molecule has 1 aliphatic rings. The van der Waals surface area contributed by atoms with Gasteiger partial charge in [0.2, 0.25) is 0 Å². The molecule has 1 aliphatic heterocycles. The van der Waals surface area contributed by atoms with Gasteiger partial charge in [0.15, 0.2) is 5.82 Å². The van der Waals surface area contributed by atoms with Crippen LogP contribution in [-0.4, -0.2) is 22.4 Å². The summed E-state index contributed by atoms with van der Waals surface area (Å²) >= 11 is 6.08. The van der Waals surface area contributed by atoms with Gasteiger partial charge < -0.3 is 5.32 Å². The fourth-order valence-corrected chi connectivity index (χ4v) is 2.26. The number of amides is 1. The molecule has 1 aromatic carbocycles. The quantitative estimate of drug-likeness (QED) is 0.798. The third-order valence-electron chi connectivity index (χ3n) is 2.85. The first-order valence-corrected chi connectivity index (χ1v) is 6.03. The maximum Gasteiger partial charge on any atom is 0.256 e. The minimum atomic E-state index is -0.194. The topological polar surface area (TPSA) is 54.9 Å². The number of carbonyl (C=O) groups excluding carboxylic acids is 1. The molecule has 1 amide bonds. The highest BCUT2D eigenvalue weighted by molar-refractivity contribution is 6.33. The van der Waals surface area contributed by atoms with Crippen molar-refractivity contribution in [2.24, 2.45) is 0 Å². The molecule has 5 heteroatoms. The number of nitrogens with one attached hydrogen (secondary N) is 1. The van der Waals surface area contributed by atoms with Crippen molar-refractivity contribution in [1.29, 1.82) is 0 Å². The molecule has 0 bridgehead atoms. The van der Waals surface area contributed by atoms with Crippen molar-refractivity contribution in [3.8, 4) is 11.4 Å². The zero-order valence-corrected chi connectivity index (χ0v) is 10.2. The minimum absolute atomic E-state index is 0.194. The van der Waals surface area contributed by atoms with Crippen LogP contribution in [0.1, 0.15) is 16.1 Å². The van der Waals surface area contributed by atoms with E-state index < -0.39 is 0 Å². The lowest BCUT2D eigenvalue weighted by Gasteiger charge is -2.17. The highest BCUT2D eigenvalue weighted by Crippen LogP contribution is 2.24. The molecule has 0 spiro atoms. The number of fused-ring (bicyclic) bond motifs is 1. The zero-order chi connectivity index (χ0) is 12.5. The molecule has 90 valence electrons. The molecule has 3 rings (SSSR count). The van der Waals surface area contributed by atoms with Crippen LogP contribution in [0.5, 0.6) is 0 Å². The molecule has 0 saturated heterocycles. The standard InChI is InChI=1S/C13H10ClN3O/c14-11-10-9(6-7-15-13(10)18)16-12(17-11)8-4-2-1-3-5-8/h1-5H,6-7H2,(H,15,18). The van der Waals surface area contributed by atoms with Crippen LogP contribution in [0.4, 0.5) is 0 Å². The van der Waals surface area contributed by atoms with Crippen LogP contribution < -0.4 is 5.32 Å². The third-order valence-corrected chi connectivity index (χ3v) is 3.12. The summed E-state index contributed by atoms with van der Waals surface area (Å²) in [5.41, 5.74) is 2.02. The Morgan fingerprint density at radius 3 is 2.72 bits per heavy atom. The number of hydrogen-bond acceptors (Lipinski definition) is 3. The molecule has 0 saturated carbocycles. The molecule has 1 N–H and O–H groups in total. The summed E-state index contributed by atoms with van der Waals surface area (Å²) in [4.78, 5) is 20.3. The average molecular weight is 260 g/mol. The Bertz CT molecular complexity index is 613. The molecule has 4 nitrogen and oxygen atoms in total. The van der Waals surface area contributed by atoms with Crippen LogP contribution in [0.25, 0.3) is 11.4 Å². The maximum absolute atomic E-state index is 11.7. The lowest BCUT2D eigenvalue weighted by molar-refractivity contribution is 0.0945. The largest absolute Gasteiger partial charge is 0.351 e. The molecule has 18 heavy (non-hydrogen) atoms. The Morgan fingerprint density at radius 1 is 1.17 bits per heavy atom. The Kier molecular flexibility index (Phi) is 2.72. The van der Waals surface area contributed by atoms with Gasteiger partial charge in [-0.3, -0.25) is 4.79 Å². The monoisotopic (exact) mass is 259 g/mol. The van der Waals surface area contributed by atoms with Gasteiger partial charge in [0, 0.05) is 18.5 Å². The van der Waals surface area contributed by atoms with Crippen molar-refractivity contribution in [1.82, 2.24) is 15.3 Å². The number of carbonyl (C=O) groups is 1. The second-order valence-corrected chi connectivity index (χ2v) is 4.39. The number of aromatic nitrogens is 2. The van der Waals surface area contributed by atoms with E-state index in [1.54, 1.807) is 0 Å². The lowest BCUT2D eigenvalue weighted by atomic mass is 10.1. The molecule has 2 aromatic rings. The normalized spacial score (nSPS) is 13.9. The van der Waals surface area contributed by atoms with E-state index in [-0.39, 0.29) is 11.1 Å². The Morgan fingerprint density at radius 2 is 1.94 bits per heavy atom. The molecule has 0 atom stereocenters. The van der Waals surface area contributed by atoms with E-state index >= 15 is 0 Å². The Labute approximate surface area is 109 Å². The predicted molar refractivity (Wildman–Crippen MR) is 68.5 cm³/mol. The summed E-state index contributed by atoms with van der Waals surface area (Å²) in [7, 11) is 0. The van der Waals surface area contributed by atoms with E-state index in [2.05, 4.69) is 15.3 Å². The number of nitrogens with zero attached hydrogens (tertiary/aromatic N) is 2. The van der Waals surface area contributed by atoms with Crippen LogP contribution in [-0.2, 0) is 6.42 Å². The van der Waals surface area contributed by atoms with E-state index in [0.717, 1.165) is 11.3 Å². The SMILES string of the molecule is O=C1NCCc2nc(-c3ccccc3)nc(Cl)c21. The highest BCUT2D eigenvalue weighted by atomic mass is 35.5. The molecular formula is C13H10ClN3O. The van der Waals surface area contributed by atoms with Gasteiger partial charge >= 0.3 is 0 Å². The van der Waals surface area contributed by atoms with Crippen molar-refractivity contribution in [3.63, 3.8) is 0 Å². The third kappa shape index (κ3) is 1.84. The van der Waals surface area contributed by atoms with Gasteiger partial charge in [-0.25, -0.2) is 9.97 Å². The smallest absolute Gasteiger partial charge is 0.256 e. The fraction of sp³-hybridized carbons (Fsp3) is 0.154. The van der Waals surface area contributed by atoms with Crippen molar-refractivity contribution < 1.29 is 4.79 Å². The molecular weight excluding hydrogens is 250 g/mol. The van der Waals surface area contributed by atoms with Crippen LogP contribution >= 0.6 is 11.6 Å². The van der Waals surface area contributed by atoms with Gasteiger partial charge in [-0.05, 0) is 0 Å². The van der Waals surface area contributed by atoms with E-state index in [1.807, 2.05) is 30.3 Å². The van der Waals surface area contributed by atoms with Crippen LogP contribution in [0, 0.1) is 0 Å². The molecule has 0 fully saturated rings. The average Bonchev–Trinajstić information content (AvgIpc) is 2.39. The molecule has 0 unspecified atom stereocenters. The molecule has 1 aromatic heterocycles. The van der Waals surface area contributed by atoms with E-state index in [0.29, 0.717) is 24.4 Å². The summed E-state index contributed by atoms with van der Waals surface area (Å²) in [5.74, 6) is 0.370. The number of rotatable bonds is 1. The second kappa shape index (κ2) is 4.38. The second-order valence-electron chi connectivity index (χ2n) is 4.03. The van der Waals surface area contributed by atoms with Crippen molar-refractivity contribution in [3.05, 3.63) is 46.7 Å². The summed E-state index contributed by atoms with van der Waals surface area (Å²) in [6.07, 6.45) is 0.684. The first-order chi connectivity index (χ1) is 8.75. The van der Waals surface area contributed by atoms with E-state index in [9.17, 15) is 4.79 Å². The molecule has 0 radical (unpaired) electrons. The van der Waals surface area contributed by atoms with Crippen LogP contribution in [0.3, 0.4) is 0 Å². The first-order valence-electron chi connectivity index (χ1n) is 5.66. The van der Waals surface area contributed by atoms with Gasteiger partial charge in [0.1, 0.15) is 5.15 Å². The van der Waals surface area contributed by atoms with Gasteiger partial charge in [0.25, 0.3) is 5.91 Å². The number of hydrogen-bond donors (Lipinski definition) is 1. The highest BCUT2D eigenvalue weighted by Gasteiger charge is 2.23. The number of halogens is 1. The maximum atomic E-state index is 11.7. The Balaban J connectivity index is 2.15. The van der Waals surface area contributed by atoms with Crippen molar-refractivity contribution in [2.45, 2.75) is 6.42 Å². The summed E-state index contributed by atoms with van der Waals surface area (Å²) in [6, 6.07) is 9.59. The van der Waals surface area contributed by atoms with Gasteiger partial charge in [-0.15, -0.1) is 0 Å². The first kappa shape index (κ1) is 11.2. The van der Waals surface area contributed by atoms with Crippen LogP contribution in [0.15, 0.2) is 30.3 Å². The predicted octanol–water partition coefficient (Wildman–Crippen LogP) is 2.08. The van der Waals surface area contributed by atoms with Gasteiger partial charge in [-0.1, -0.05) is 41.9 Å². The lowest BCUT2D eigenvalue weighted by Crippen LogP contribution is -2.33. The zero-order valence-electron chi connectivity index (χ0n) is 9.48. The van der Waals surface area contributed by atoms with Gasteiger partial charge in [0.05, 0.1) is 11.3 Å². The van der Waals surface area contributed by atoms with Crippen LogP contribution in [0.2, 0.25) is 5.15 Å². The van der Waals surface area contributed by atoms with E-state index in [1.165, 1.54) is 0 Å². The summed E-state index contributed by atoms with van der Waals surface area (Å²) in [5, 5.41) is 2.95. The van der Waals surface area contributed by atoms with Crippen molar-refractivity contribution in [2.75, 3.05) is 6.54 Å².